The maximum absolute atomic E-state index is 2.44. The molecule has 4 aromatic rings. The third-order valence-corrected chi connectivity index (χ3v) is 7.99. The molecule has 0 unspecified atom stereocenters. The van der Waals surface area contributed by atoms with Gasteiger partial charge in [-0.1, -0.05) is 54.6 Å². The molecule has 1 heteroatoms. The van der Waals surface area contributed by atoms with Gasteiger partial charge in [0.1, 0.15) is 0 Å². The highest BCUT2D eigenvalue weighted by atomic mass is 32.3. The molecule has 0 atom stereocenters. The summed E-state index contributed by atoms with van der Waals surface area (Å²) in [5, 5.41) is 5.44. The van der Waals surface area contributed by atoms with Crippen molar-refractivity contribution in [2.45, 2.75) is 9.79 Å². The maximum Gasteiger partial charge on any atom is 0.00944 e. The molecule has 0 aromatic heterocycles. The van der Waals surface area contributed by atoms with Gasteiger partial charge in [0.2, 0.25) is 0 Å². The standard InChI is InChI=1S/C22H18S/c1-23(2)21-10-6-5-9-18(21)19-12-11-17-13-15-7-3-4-8-16(15)14-20(17)22(19)23/h3-14H,1-2H3. The van der Waals surface area contributed by atoms with Crippen LogP contribution < -0.4 is 0 Å². The number of hydrogen-bond donors (Lipinski definition) is 0. The fraction of sp³-hybridized carbons (Fsp3) is 0.0909. The molecule has 23 heavy (non-hydrogen) atoms. The molecule has 4 aromatic carbocycles. The Morgan fingerprint density at radius 2 is 1.30 bits per heavy atom. The summed E-state index contributed by atoms with van der Waals surface area (Å²) in [6.45, 7) is 0. The summed E-state index contributed by atoms with van der Waals surface area (Å²) in [7, 11) is -0.960. The Bertz CT molecular complexity index is 1090. The highest BCUT2D eigenvalue weighted by Crippen LogP contribution is 2.68. The van der Waals surface area contributed by atoms with E-state index in [1.54, 1.807) is 4.90 Å². The van der Waals surface area contributed by atoms with Crippen LogP contribution in [0, 0.1) is 0 Å². The summed E-state index contributed by atoms with van der Waals surface area (Å²) in [4.78, 5) is 3.08. The predicted molar refractivity (Wildman–Crippen MR) is 103 cm³/mol. The topological polar surface area (TPSA) is 0 Å². The van der Waals surface area contributed by atoms with Gasteiger partial charge in [-0.3, -0.25) is 0 Å². The Morgan fingerprint density at radius 1 is 0.609 bits per heavy atom. The molecular formula is C22H18S. The van der Waals surface area contributed by atoms with Gasteiger partial charge in [0, 0.05) is 9.79 Å². The van der Waals surface area contributed by atoms with E-state index in [4.69, 9.17) is 0 Å². The summed E-state index contributed by atoms with van der Waals surface area (Å²) in [6.07, 6.45) is 4.87. The number of fused-ring (bicyclic) bond motifs is 6. The zero-order valence-electron chi connectivity index (χ0n) is 13.3. The Morgan fingerprint density at radius 3 is 2.13 bits per heavy atom. The zero-order chi connectivity index (χ0) is 15.6. The SMILES string of the molecule is CS1(C)c2ccccc2-c2ccc3cc4ccccc4cc3c21. The molecule has 0 saturated heterocycles. The average molecular weight is 314 g/mol. The summed E-state index contributed by atoms with van der Waals surface area (Å²) in [5.74, 6) is 0. The minimum Gasteiger partial charge on any atom is -0.192 e. The molecule has 5 rings (SSSR count). The van der Waals surface area contributed by atoms with Crippen LogP contribution in [0.5, 0.6) is 0 Å². The lowest BCUT2D eigenvalue weighted by Gasteiger charge is -2.29. The van der Waals surface area contributed by atoms with Crippen LogP contribution >= 0.6 is 10.0 Å². The predicted octanol–water partition coefficient (Wildman–Crippen LogP) is 6.46. The van der Waals surface area contributed by atoms with Gasteiger partial charge >= 0.3 is 0 Å². The Kier molecular flexibility index (Phi) is 2.52. The quantitative estimate of drug-likeness (QED) is 0.327. The maximum atomic E-state index is 2.44. The summed E-state index contributed by atoms with van der Waals surface area (Å²) >= 11 is 0. The molecule has 0 nitrogen and oxygen atoms in total. The van der Waals surface area contributed by atoms with Gasteiger partial charge in [0.15, 0.2) is 0 Å². The molecule has 112 valence electrons. The Labute approximate surface area is 138 Å². The van der Waals surface area contributed by atoms with Crippen molar-refractivity contribution in [1.29, 1.82) is 0 Å². The van der Waals surface area contributed by atoms with E-state index >= 15 is 0 Å². The summed E-state index contributed by atoms with van der Waals surface area (Å²) < 4.78 is 0. The highest BCUT2D eigenvalue weighted by molar-refractivity contribution is 8.33. The Balaban J connectivity index is 1.96. The molecule has 0 saturated carbocycles. The van der Waals surface area contributed by atoms with Crippen LogP contribution in [0.2, 0.25) is 0 Å². The second kappa shape index (κ2) is 4.39. The Hall–Kier alpha value is -2.25. The largest absolute Gasteiger partial charge is 0.192 e. The number of rotatable bonds is 0. The van der Waals surface area contributed by atoms with E-state index in [1.165, 1.54) is 37.6 Å². The molecule has 1 aliphatic rings. The molecule has 0 amide bonds. The lowest BCUT2D eigenvalue weighted by molar-refractivity contribution is 1.46. The first-order valence-electron chi connectivity index (χ1n) is 7.94. The molecule has 0 radical (unpaired) electrons. The molecule has 1 aliphatic heterocycles. The van der Waals surface area contributed by atoms with Crippen LogP contribution in [-0.2, 0) is 0 Å². The average Bonchev–Trinajstić information content (AvgIpc) is 2.81. The third kappa shape index (κ3) is 1.69. The van der Waals surface area contributed by atoms with Gasteiger partial charge < -0.3 is 0 Å². The van der Waals surface area contributed by atoms with Crippen LogP contribution in [0.25, 0.3) is 32.7 Å². The minimum absolute atomic E-state index is 0.960. The molecule has 0 bridgehead atoms. The van der Waals surface area contributed by atoms with Crippen LogP contribution in [0.4, 0.5) is 0 Å². The van der Waals surface area contributed by atoms with Crippen molar-refractivity contribution >= 4 is 31.6 Å². The summed E-state index contributed by atoms with van der Waals surface area (Å²) in [5.41, 5.74) is 2.86. The van der Waals surface area contributed by atoms with E-state index < -0.39 is 10.0 Å². The second-order valence-electron chi connectivity index (χ2n) is 6.69. The lowest BCUT2D eigenvalue weighted by atomic mass is 9.98. The molecule has 0 aliphatic carbocycles. The smallest absolute Gasteiger partial charge is 0.00944 e. The first-order valence-corrected chi connectivity index (χ1v) is 10.4. The summed E-state index contributed by atoms with van der Waals surface area (Å²) in [6, 6.07) is 27.0. The van der Waals surface area contributed by atoms with Gasteiger partial charge in [-0.2, -0.15) is 10.0 Å². The first kappa shape index (κ1) is 13.2. The number of hydrogen-bond acceptors (Lipinski definition) is 0. The molecule has 0 spiro atoms. The normalized spacial score (nSPS) is 16.3. The van der Waals surface area contributed by atoms with Gasteiger partial charge in [-0.25, -0.2) is 0 Å². The molecular weight excluding hydrogens is 296 g/mol. The van der Waals surface area contributed by atoms with Crippen molar-refractivity contribution in [2.24, 2.45) is 0 Å². The van der Waals surface area contributed by atoms with Gasteiger partial charge in [-0.05, 0) is 63.4 Å². The number of benzene rings is 4. The van der Waals surface area contributed by atoms with E-state index in [0.717, 1.165) is 0 Å². The van der Waals surface area contributed by atoms with Gasteiger partial charge in [0.05, 0.1) is 0 Å². The van der Waals surface area contributed by atoms with E-state index in [0.29, 0.717) is 0 Å². The van der Waals surface area contributed by atoms with E-state index in [2.05, 4.69) is 85.3 Å². The molecule has 1 heterocycles. The fourth-order valence-corrected chi connectivity index (χ4v) is 6.81. The van der Waals surface area contributed by atoms with E-state index in [9.17, 15) is 0 Å². The van der Waals surface area contributed by atoms with Crippen molar-refractivity contribution < 1.29 is 0 Å². The third-order valence-electron chi connectivity index (χ3n) is 5.07. The van der Waals surface area contributed by atoms with Crippen molar-refractivity contribution in [3.8, 4) is 11.1 Å². The van der Waals surface area contributed by atoms with Crippen LogP contribution in [0.15, 0.2) is 82.6 Å². The fourth-order valence-electron chi connectivity index (χ4n) is 3.99. The van der Waals surface area contributed by atoms with Gasteiger partial charge in [0.25, 0.3) is 0 Å². The van der Waals surface area contributed by atoms with Crippen LogP contribution in [0.1, 0.15) is 0 Å². The van der Waals surface area contributed by atoms with Crippen molar-refractivity contribution in [2.75, 3.05) is 12.5 Å². The monoisotopic (exact) mass is 314 g/mol. The first-order chi connectivity index (χ1) is 11.2. The van der Waals surface area contributed by atoms with Gasteiger partial charge in [-0.15, -0.1) is 0 Å². The van der Waals surface area contributed by atoms with Crippen molar-refractivity contribution in [3.63, 3.8) is 0 Å². The molecule has 0 N–H and O–H groups in total. The van der Waals surface area contributed by atoms with Crippen molar-refractivity contribution in [3.05, 3.63) is 72.8 Å². The van der Waals surface area contributed by atoms with Crippen LogP contribution in [-0.4, -0.2) is 12.5 Å². The zero-order valence-corrected chi connectivity index (χ0v) is 14.2. The van der Waals surface area contributed by atoms with E-state index in [1.807, 2.05) is 0 Å². The van der Waals surface area contributed by atoms with Crippen LogP contribution in [0.3, 0.4) is 0 Å². The minimum atomic E-state index is -0.960. The molecule has 0 fully saturated rings. The second-order valence-corrected chi connectivity index (χ2v) is 10.2. The highest BCUT2D eigenvalue weighted by Gasteiger charge is 2.32. The van der Waals surface area contributed by atoms with Crippen molar-refractivity contribution in [1.82, 2.24) is 0 Å². The lowest BCUT2D eigenvalue weighted by Crippen LogP contribution is -1.93. The van der Waals surface area contributed by atoms with E-state index in [-0.39, 0.29) is 0 Å².